The number of aliphatic hydroxyl groups excluding tert-OH is 1. The first-order chi connectivity index (χ1) is 12.1. The smallest absolute Gasteiger partial charge is 0.339 e. The summed E-state index contributed by atoms with van der Waals surface area (Å²) in [6, 6.07) is 15.3. The third-order valence-electron chi connectivity index (χ3n) is 4.10. The largest absolute Gasteiger partial charge is 0.454 e. The van der Waals surface area contributed by atoms with Crippen molar-refractivity contribution < 1.29 is 14.6 Å². The highest BCUT2D eigenvalue weighted by Gasteiger charge is 2.28. The quantitative estimate of drug-likeness (QED) is 0.612. The summed E-state index contributed by atoms with van der Waals surface area (Å²) in [4.78, 5) is 11.3. The van der Waals surface area contributed by atoms with Gasteiger partial charge in [-0.25, -0.2) is 4.79 Å². The highest BCUT2D eigenvalue weighted by Crippen LogP contribution is 2.32. The number of ether oxygens (including phenoxy) is 1. The predicted molar refractivity (Wildman–Crippen MR) is 100 cm³/mol. The van der Waals surface area contributed by atoms with Gasteiger partial charge in [-0.2, -0.15) is 0 Å². The van der Waals surface area contributed by atoms with Crippen LogP contribution in [0, 0.1) is 6.92 Å². The molecule has 0 aliphatic carbocycles. The van der Waals surface area contributed by atoms with Crippen LogP contribution >= 0.6 is 0 Å². The molecule has 3 heteroatoms. The second kappa shape index (κ2) is 9.00. The van der Waals surface area contributed by atoms with E-state index in [0.29, 0.717) is 18.4 Å². The highest BCUT2D eigenvalue weighted by molar-refractivity contribution is 5.93. The lowest BCUT2D eigenvalue weighted by molar-refractivity contribution is 0.0392. The Morgan fingerprint density at radius 1 is 1.12 bits per heavy atom. The number of fused-ring (bicyclic) bond motifs is 1. The van der Waals surface area contributed by atoms with Gasteiger partial charge in [-0.1, -0.05) is 54.6 Å². The van der Waals surface area contributed by atoms with E-state index in [1.165, 1.54) is 0 Å². The summed E-state index contributed by atoms with van der Waals surface area (Å²) in [5, 5.41) is 9.63. The van der Waals surface area contributed by atoms with Gasteiger partial charge in [0.15, 0.2) is 0 Å². The lowest BCUT2D eigenvalue weighted by Crippen LogP contribution is -1.97. The van der Waals surface area contributed by atoms with Crippen LogP contribution in [0.15, 0.2) is 73.8 Å². The van der Waals surface area contributed by atoms with Crippen LogP contribution in [0.5, 0.6) is 0 Å². The van der Waals surface area contributed by atoms with Gasteiger partial charge in [-0.3, -0.25) is 0 Å². The summed E-state index contributed by atoms with van der Waals surface area (Å²) >= 11 is 0. The SMILES string of the molecule is C=CCC(O)c1ccccc1C.C=CCC1OC(=O)c2ccccc21. The molecule has 1 aliphatic rings. The molecular formula is C22H24O3. The van der Waals surface area contributed by atoms with Crippen LogP contribution in [-0.2, 0) is 4.74 Å². The van der Waals surface area contributed by atoms with E-state index in [1.54, 1.807) is 18.2 Å². The minimum Gasteiger partial charge on any atom is -0.454 e. The molecule has 2 unspecified atom stereocenters. The first kappa shape index (κ1) is 18.7. The molecule has 130 valence electrons. The van der Waals surface area contributed by atoms with E-state index in [2.05, 4.69) is 13.2 Å². The van der Waals surface area contributed by atoms with Gasteiger partial charge >= 0.3 is 5.97 Å². The van der Waals surface area contributed by atoms with E-state index in [-0.39, 0.29) is 12.1 Å². The summed E-state index contributed by atoms with van der Waals surface area (Å²) in [6.45, 7) is 9.23. The van der Waals surface area contributed by atoms with E-state index in [4.69, 9.17) is 4.74 Å². The van der Waals surface area contributed by atoms with Crippen molar-refractivity contribution in [1.82, 2.24) is 0 Å². The summed E-state index contributed by atoms with van der Waals surface area (Å²) < 4.78 is 5.16. The molecule has 0 saturated heterocycles. The second-order valence-electron chi connectivity index (χ2n) is 5.90. The molecule has 2 aromatic carbocycles. The zero-order valence-corrected chi connectivity index (χ0v) is 14.5. The molecule has 25 heavy (non-hydrogen) atoms. The first-order valence-corrected chi connectivity index (χ1v) is 8.33. The monoisotopic (exact) mass is 336 g/mol. The Morgan fingerprint density at radius 2 is 1.80 bits per heavy atom. The number of aliphatic hydroxyl groups is 1. The second-order valence-corrected chi connectivity index (χ2v) is 5.90. The summed E-state index contributed by atoms with van der Waals surface area (Å²) in [5.74, 6) is -0.220. The first-order valence-electron chi connectivity index (χ1n) is 8.33. The molecule has 1 heterocycles. The van der Waals surface area contributed by atoms with Crippen LogP contribution in [0.3, 0.4) is 0 Å². The molecule has 1 N–H and O–H groups in total. The van der Waals surface area contributed by atoms with Gasteiger partial charge in [0.25, 0.3) is 0 Å². The van der Waals surface area contributed by atoms with Crippen molar-refractivity contribution in [3.8, 4) is 0 Å². The molecular weight excluding hydrogens is 312 g/mol. The Kier molecular flexibility index (Phi) is 6.72. The van der Waals surface area contributed by atoms with E-state index < -0.39 is 6.10 Å². The number of carbonyl (C=O) groups excluding carboxylic acids is 1. The number of cyclic esters (lactones) is 1. The maximum atomic E-state index is 11.3. The maximum absolute atomic E-state index is 11.3. The molecule has 0 fully saturated rings. The van der Waals surface area contributed by atoms with Gasteiger partial charge in [0.05, 0.1) is 11.7 Å². The van der Waals surface area contributed by atoms with Crippen LogP contribution in [0.2, 0.25) is 0 Å². The highest BCUT2D eigenvalue weighted by atomic mass is 16.5. The van der Waals surface area contributed by atoms with Crippen molar-refractivity contribution in [1.29, 1.82) is 0 Å². The number of carbonyl (C=O) groups is 1. The fourth-order valence-electron chi connectivity index (χ4n) is 2.79. The molecule has 1 aliphatic heterocycles. The number of esters is 1. The zero-order valence-electron chi connectivity index (χ0n) is 14.5. The zero-order chi connectivity index (χ0) is 18.2. The van der Waals surface area contributed by atoms with E-state index in [0.717, 1.165) is 16.7 Å². The van der Waals surface area contributed by atoms with Crippen molar-refractivity contribution in [3.05, 3.63) is 96.1 Å². The third-order valence-corrected chi connectivity index (χ3v) is 4.10. The normalized spacial score (nSPS) is 16.1. The summed E-state index contributed by atoms with van der Waals surface area (Å²) in [5.41, 5.74) is 3.80. The lowest BCUT2D eigenvalue weighted by atomic mass is 10.0. The Bertz CT molecular complexity index is 748. The van der Waals surface area contributed by atoms with Crippen LogP contribution in [0.25, 0.3) is 0 Å². The molecule has 0 radical (unpaired) electrons. The fourth-order valence-corrected chi connectivity index (χ4v) is 2.79. The molecule has 2 aromatic rings. The molecule has 0 bridgehead atoms. The maximum Gasteiger partial charge on any atom is 0.339 e. The molecule has 0 amide bonds. The van der Waals surface area contributed by atoms with Crippen LogP contribution in [-0.4, -0.2) is 11.1 Å². The summed E-state index contributed by atoms with van der Waals surface area (Å²) in [6.07, 6.45) is 4.27. The van der Waals surface area contributed by atoms with Crippen molar-refractivity contribution in [2.75, 3.05) is 0 Å². The number of benzene rings is 2. The number of rotatable bonds is 5. The number of hydrogen-bond acceptors (Lipinski definition) is 3. The number of aryl methyl sites for hydroxylation is 1. The van der Waals surface area contributed by atoms with E-state index in [9.17, 15) is 9.90 Å². The predicted octanol–water partition coefficient (Wildman–Crippen LogP) is 5.08. The molecule has 3 rings (SSSR count). The van der Waals surface area contributed by atoms with Gasteiger partial charge in [0.1, 0.15) is 6.10 Å². The Balaban J connectivity index is 0.000000181. The van der Waals surface area contributed by atoms with Crippen molar-refractivity contribution in [2.24, 2.45) is 0 Å². The van der Waals surface area contributed by atoms with Gasteiger partial charge < -0.3 is 9.84 Å². The molecule has 3 nitrogen and oxygen atoms in total. The minimum absolute atomic E-state index is 0.124. The van der Waals surface area contributed by atoms with Crippen molar-refractivity contribution in [3.63, 3.8) is 0 Å². The number of hydrogen-bond donors (Lipinski definition) is 1. The van der Waals surface area contributed by atoms with Crippen LogP contribution < -0.4 is 0 Å². The fraction of sp³-hybridized carbons (Fsp3) is 0.227. The lowest BCUT2D eigenvalue weighted by Gasteiger charge is -2.10. The average molecular weight is 336 g/mol. The molecule has 0 saturated carbocycles. The van der Waals surface area contributed by atoms with Gasteiger partial charge in [-0.15, -0.1) is 13.2 Å². The van der Waals surface area contributed by atoms with E-state index in [1.807, 2.05) is 49.4 Å². The standard InChI is InChI=1S/C11H10O2.C11H14O/c1-2-5-10-8-6-3-4-7-9(8)11(12)13-10;1-3-6-11(12)10-8-5-4-7-9(10)2/h2-4,6-7,10H,1,5H2;3-5,7-8,11-12H,1,6H2,2H3. The van der Waals surface area contributed by atoms with Crippen molar-refractivity contribution >= 4 is 5.97 Å². The van der Waals surface area contributed by atoms with Crippen LogP contribution in [0.1, 0.15) is 52.1 Å². The molecule has 0 spiro atoms. The molecule has 2 atom stereocenters. The Hall–Kier alpha value is -2.65. The summed E-state index contributed by atoms with van der Waals surface area (Å²) in [7, 11) is 0. The van der Waals surface area contributed by atoms with E-state index >= 15 is 0 Å². The Labute approximate surface area is 149 Å². The van der Waals surface area contributed by atoms with Gasteiger partial charge in [-0.05, 0) is 30.5 Å². The molecule has 0 aromatic heterocycles. The van der Waals surface area contributed by atoms with Gasteiger partial charge in [0, 0.05) is 12.0 Å². The van der Waals surface area contributed by atoms with Gasteiger partial charge in [0.2, 0.25) is 0 Å². The minimum atomic E-state index is -0.399. The third kappa shape index (κ3) is 4.68. The van der Waals surface area contributed by atoms with Crippen molar-refractivity contribution in [2.45, 2.75) is 32.0 Å². The van der Waals surface area contributed by atoms with Crippen LogP contribution in [0.4, 0.5) is 0 Å². The Morgan fingerprint density at radius 3 is 2.48 bits per heavy atom. The average Bonchev–Trinajstić information content (AvgIpc) is 2.93. The topological polar surface area (TPSA) is 46.5 Å².